The van der Waals surface area contributed by atoms with Gasteiger partial charge in [0.25, 0.3) is 0 Å². The van der Waals surface area contributed by atoms with E-state index in [0.717, 1.165) is 34.7 Å². The Hall–Kier alpha value is -1.81. The molecule has 0 radical (unpaired) electrons. The van der Waals surface area contributed by atoms with Crippen molar-refractivity contribution in [2.24, 2.45) is 0 Å². The predicted octanol–water partition coefficient (Wildman–Crippen LogP) is 2.51. The Morgan fingerprint density at radius 2 is 2.21 bits per heavy atom. The standard InChI is InChI=1S/C15H19NO3/c1-5-14(17)16-15-9(2)6-13(10(3)11(15)4)19-8-12-7-18-12/h5-6,12H,1,7-8H2,2-4H3,(H,16,17). The van der Waals surface area contributed by atoms with Crippen LogP contribution in [0.4, 0.5) is 5.69 Å². The summed E-state index contributed by atoms with van der Waals surface area (Å²) < 4.78 is 10.9. The minimum Gasteiger partial charge on any atom is -0.490 e. The first-order valence-corrected chi connectivity index (χ1v) is 6.31. The highest BCUT2D eigenvalue weighted by molar-refractivity contribution is 6.00. The summed E-state index contributed by atoms with van der Waals surface area (Å²) >= 11 is 0. The van der Waals surface area contributed by atoms with Crippen molar-refractivity contribution in [3.63, 3.8) is 0 Å². The second kappa shape index (κ2) is 5.45. The Kier molecular flexibility index (Phi) is 3.90. The molecule has 2 rings (SSSR count). The molecule has 19 heavy (non-hydrogen) atoms. The third-order valence-electron chi connectivity index (χ3n) is 3.31. The van der Waals surface area contributed by atoms with E-state index in [-0.39, 0.29) is 12.0 Å². The summed E-state index contributed by atoms with van der Waals surface area (Å²) in [5, 5.41) is 2.84. The first kappa shape index (κ1) is 13.6. The number of amides is 1. The van der Waals surface area contributed by atoms with Crippen LogP contribution < -0.4 is 10.1 Å². The van der Waals surface area contributed by atoms with Crippen LogP contribution in [0.2, 0.25) is 0 Å². The van der Waals surface area contributed by atoms with Crippen molar-refractivity contribution >= 4 is 11.6 Å². The van der Waals surface area contributed by atoms with Gasteiger partial charge in [-0.25, -0.2) is 0 Å². The SMILES string of the molecule is C=CC(=O)Nc1c(C)cc(OCC2CO2)c(C)c1C. The normalized spacial score (nSPS) is 16.9. The van der Waals surface area contributed by atoms with Crippen LogP contribution in [-0.2, 0) is 9.53 Å². The van der Waals surface area contributed by atoms with Crippen LogP contribution in [0.25, 0.3) is 0 Å². The second-order valence-electron chi connectivity index (χ2n) is 4.78. The number of nitrogens with one attached hydrogen (secondary N) is 1. The maximum Gasteiger partial charge on any atom is 0.247 e. The number of hydrogen-bond donors (Lipinski definition) is 1. The van der Waals surface area contributed by atoms with Gasteiger partial charge in [-0.2, -0.15) is 0 Å². The topological polar surface area (TPSA) is 50.9 Å². The maximum absolute atomic E-state index is 11.4. The van der Waals surface area contributed by atoms with Crippen LogP contribution in [-0.4, -0.2) is 25.2 Å². The van der Waals surface area contributed by atoms with E-state index >= 15 is 0 Å². The molecule has 1 atom stereocenters. The number of rotatable bonds is 5. The summed E-state index contributed by atoms with van der Waals surface area (Å²) in [7, 11) is 0. The van der Waals surface area contributed by atoms with Crippen molar-refractivity contribution in [2.75, 3.05) is 18.5 Å². The van der Waals surface area contributed by atoms with Crippen molar-refractivity contribution in [1.29, 1.82) is 0 Å². The number of aryl methyl sites for hydroxylation is 1. The van der Waals surface area contributed by atoms with Gasteiger partial charge < -0.3 is 14.8 Å². The lowest BCUT2D eigenvalue weighted by atomic mass is 10.0. The van der Waals surface area contributed by atoms with Gasteiger partial charge in [-0.3, -0.25) is 4.79 Å². The smallest absolute Gasteiger partial charge is 0.247 e. The third-order valence-corrected chi connectivity index (χ3v) is 3.31. The fourth-order valence-electron chi connectivity index (χ4n) is 1.91. The molecule has 1 unspecified atom stereocenters. The second-order valence-corrected chi connectivity index (χ2v) is 4.78. The third kappa shape index (κ3) is 3.15. The van der Waals surface area contributed by atoms with Crippen LogP contribution in [0.15, 0.2) is 18.7 Å². The van der Waals surface area contributed by atoms with E-state index in [0.29, 0.717) is 6.61 Å². The van der Waals surface area contributed by atoms with E-state index in [4.69, 9.17) is 9.47 Å². The zero-order chi connectivity index (χ0) is 14.0. The predicted molar refractivity (Wildman–Crippen MR) is 74.7 cm³/mol. The molecule has 4 nitrogen and oxygen atoms in total. The highest BCUT2D eigenvalue weighted by Crippen LogP contribution is 2.31. The number of carbonyl (C=O) groups excluding carboxylic acids is 1. The molecule has 1 aliphatic rings. The summed E-state index contributed by atoms with van der Waals surface area (Å²) in [5.41, 5.74) is 3.86. The van der Waals surface area contributed by atoms with E-state index < -0.39 is 0 Å². The lowest BCUT2D eigenvalue weighted by molar-refractivity contribution is -0.111. The highest BCUT2D eigenvalue weighted by Gasteiger charge is 2.23. The Labute approximate surface area is 113 Å². The van der Waals surface area contributed by atoms with Gasteiger partial charge in [-0.1, -0.05) is 6.58 Å². The Morgan fingerprint density at radius 3 is 2.79 bits per heavy atom. The van der Waals surface area contributed by atoms with E-state index in [9.17, 15) is 4.79 Å². The number of benzene rings is 1. The first-order chi connectivity index (χ1) is 9.02. The molecule has 1 fully saturated rings. The fraction of sp³-hybridized carbons (Fsp3) is 0.400. The van der Waals surface area contributed by atoms with Crippen molar-refractivity contribution in [2.45, 2.75) is 26.9 Å². The van der Waals surface area contributed by atoms with E-state index in [1.54, 1.807) is 0 Å². The van der Waals surface area contributed by atoms with E-state index in [1.807, 2.05) is 26.8 Å². The van der Waals surface area contributed by atoms with Gasteiger partial charge in [0.2, 0.25) is 5.91 Å². The Balaban J connectivity index is 2.23. The Morgan fingerprint density at radius 1 is 1.53 bits per heavy atom. The van der Waals surface area contributed by atoms with Crippen molar-refractivity contribution in [3.8, 4) is 5.75 Å². The molecule has 0 aromatic heterocycles. The molecule has 1 aromatic carbocycles. The number of carbonyl (C=O) groups is 1. The number of hydrogen-bond acceptors (Lipinski definition) is 3. The molecule has 4 heteroatoms. The van der Waals surface area contributed by atoms with Gasteiger partial charge in [0.1, 0.15) is 18.5 Å². The summed E-state index contributed by atoms with van der Waals surface area (Å²) in [4.78, 5) is 11.4. The van der Waals surface area contributed by atoms with Crippen LogP contribution in [0.5, 0.6) is 5.75 Å². The molecule has 1 N–H and O–H groups in total. The average molecular weight is 261 g/mol. The van der Waals surface area contributed by atoms with Crippen LogP contribution in [0.1, 0.15) is 16.7 Å². The molecule has 1 heterocycles. The minimum atomic E-state index is -0.203. The summed E-state index contributed by atoms with van der Waals surface area (Å²) in [6.45, 7) is 10.7. The molecule has 0 saturated carbocycles. The van der Waals surface area contributed by atoms with Crippen molar-refractivity contribution in [1.82, 2.24) is 0 Å². The van der Waals surface area contributed by atoms with Gasteiger partial charge in [-0.15, -0.1) is 0 Å². The number of ether oxygens (including phenoxy) is 2. The van der Waals surface area contributed by atoms with E-state index in [1.165, 1.54) is 6.08 Å². The molecule has 0 bridgehead atoms. The minimum absolute atomic E-state index is 0.203. The lowest BCUT2D eigenvalue weighted by Gasteiger charge is -2.17. The maximum atomic E-state index is 11.4. The van der Waals surface area contributed by atoms with Crippen LogP contribution in [0, 0.1) is 20.8 Å². The average Bonchev–Trinajstić information content (AvgIpc) is 3.21. The van der Waals surface area contributed by atoms with Crippen LogP contribution >= 0.6 is 0 Å². The molecule has 1 aliphatic heterocycles. The largest absolute Gasteiger partial charge is 0.490 e. The van der Waals surface area contributed by atoms with Crippen molar-refractivity contribution in [3.05, 3.63) is 35.4 Å². The monoisotopic (exact) mass is 261 g/mol. The number of epoxide rings is 1. The number of anilines is 1. The lowest BCUT2D eigenvalue weighted by Crippen LogP contribution is -2.12. The first-order valence-electron chi connectivity index (χ1n) is 6.31. The molecule has 1 saturated heterocycles. The molecule has 0 spiro atoms. The quantitative estimate of drug-likeness (QED) is 0.654. The fourth-order valence-corrected chi connectivity index (χ4v) is 1.91. The molecular weight excluding hydrogens is 242 g/mol. The van der Waals surface area contributed by atoms with E-state index in [2.05, 4.69) is 11.9 Å². The summed E-state index contributed by atoms with van der Waals surface area (Å²) in [6.07, 6.45) is 1.50. The van der Waals surface area contributed by atoms with Gasteiger partial charge >= 0.3 is 0 Å². The van der Waals surface area contributed by atoms with Gasteiger partial charge in [-0.05, 0) is 49.6 Å². The molecular formula is C15H19NO3. The molecule has 0 aliphatic carbocycles. The van der Waals surface area contributed by atoms with Gasteiger partial charge in [0.05, 0.1) is 6.61 Å². The zero-order valence-corrected chi connectivity index (χ0v) is 11.6. The van der Waals surface area contributed by atoms with Gasteiger partial charge in [0.15, 0.2) is 0 Å². The zero-order valence-electron chi connectivity index (χ0n) is 11.6. The summed E-state index contributed by atoms with van der Waals surface area (Å²) in [6, 6.07) is 1.95. The Bertz CT molecular complexity index is 519. The summed E-state index contributed by atoms with van der Waals surface area (Å²) in [5.74, 6) is 0.646. The highest BCUT2D eigenvalue weighted by atomic mass is 16.6. The van der Waals surface area contributed by atoms with Crippen LogP contribution in [0.3, 0.4) is 0 Å². The molecule has 102 valence electrons. The van der Waals surface area contributed by atoms with Crippen molar-refractivity contribution < 1.29 is 14.3 Å². The molecule has 1 amide bonds. The van der Waals surface area contributed by atoms with Gasteiger partial charge in [0, 0.05) is 5.69 Å². The molecule has 1 aromatic rings.